The van der Waals surface area contributed by atoms with Gasteiger partial charge in [-0.3, -0.25) is 0 Å². The molecule has 0 atom stereocenters. The number of carbonyl (C=O) groups is 1. The lowest BCUT2D eigenvalue weighted by Crippen LogP contribution is -2.11. The van der Waals surface area contributed by atoms with E-state index in [9.17, 15) is 13.6 Å². The van der Waals surface area contributed by atoms with Crippen LogP contribution < -0.4 is 0 Å². The molecular weight excluding hydrogens is 240 g/mol. The van der Waals surface area contributed by atoms with Crippen molar-refractivity contribution in [3.8, 4) is 0 Å². The standard InChI is InChI=1S/C10H10ClF2NO2/c1-2-16-10(15)8-7(9(12)13)3-6(4-11)5-14-8/h3,5,9H,2,4H2,1H3. The van der Waals surface area contributed by atoms with Gasteiger partial charge < -0.3 is 4.74 Å². The molecule has 1 rings (SSSR count). The van der Waals surface area contributed by atoms with Gasteiger partial charge in [0.1, 0.15) is 0 Å². The van der Waals surface area contributed by atoms with Crippen molar-refractivity contribution in [3.63, 3.8) is 0 Å². The molecule has 0 saturated carbocycles. The SMILES string of the molecule is CCOC(=O)c1ncc(CCl)cc1C(F)F. The number of rotatable bonds is 4. The number of carbonyl (C=O) groups excluding carboxylic acids is 1. The molecule has 1 aromatic heterocycles. The van der Waals surface area contributed by atoms with Crippen molar-refractivity contribution in [1.82, 2.24) is 4.98 Å². The van der Waals surface area contributed by atoms with Crippen molar-refractivity contribution in [1.29, 1.82) is 0 Å². The van der Waals surface area contributed by atoms with Crippen molar-refractivity contribution in [2.24, 2.45) is 0 Å². The summed E-state index contributed by atoms with van der Waals surface area (Å²) < 4.78 is 29.9. The zero-order valence-electron chi connectivity index (χ0n) is 8.54. The normalized spacial score (nSPS) is 10.6. The highest BCUT2D eigenvalue weighted by Gasteiger charge is 2.21. The summed E-state index contributed by atoms with van der Waals surface area (Å²) in [6.07, 6.45) is -1.50. The van der Waals surface area contributed by atoms with Crippen molar-refractivity contribution in [2.75, 3.05) is 6.61 Å². The number of hydrogen-bond acceptors (Lipinski definition) is 3. The van der Waals surface area contributed by atoms with Gasteiger partial charge in [-0.2, -0.15) is 0 Å². The minimum atomic E-state index is -2.78. The molecule has 16 heavy (non-hydrogen) atoms. The predicted molar refractivity (Wildman–Crippen MR) is 54.7 cm³/mol. The summed E-state index contributed by atoms with van der Waals surface area (Å²) >= 11 is 5.50. The number of nitrogens with zero attached hydrogens (tertiary/aromatic N) is 1. The van der Waals surface area contributed by atoms with E-state index in [2.05, 4.69) is 9.72 Å². The van der Waals surface area contributed by atoms with E-state index in [-0.39, 0.29) is 18.2 Å². The van der Waals surface area contributed by atoms with E-state index in [0.29, 0.717) is 5.56 Å². The summed E-state index contributed by atoms with van der Waals surface area (Å²) in [5, 5.41) is 0. The average Bonchev–Trinajstić information content (AvgIpc) is 2.28. The molecule has 0 fully saturated rings. The van der Waals surface area contributed by atoms with E-state index in [1.807, 2.05) is 0 Å². The zero-order chi connectivity index (χ0) is 12.1. The van der Waals surface area contributed by atoms with Crippen LogP contribution in [-0.2, 0) is 10.6 Å². The van der Waals surface area contributed by atoms with Crippen LogP contribution in [0.5, 0.6) is 0 Å². The first-order chi connectivity index (χ1) is 7.60. The predicted octanol–water partition coefficient (Wildman–Crippen LogP) is 2.93. The molecule has 0 aliphatic rings. The van der Waals surface area contributed by atoms with E-state index < -0.39 is 18.0 Å². The van der Waals surface area contributed by atoms with Gasteiger partial charge in [0.05, 0.1) is 12.2 Å². The Morgan fingerprint density at radius 2 is 2.31 bits per heavy atom. The van der Waals surface area contributed by atoms with Crippen LogP contribution in [0.4, 0.5) is 8.78 Å². The Bertz CT molecular complexity index is 385. The molecule has 0 amide bonds. The van der Waals surface area contributed by atoms with Gasteiger partial charge in [-0.25, -0.2) is 18.6 Å². The Hall–Kier alpha value is -1.23. The fraction of sp³-hybridized carbons (Fsp3) is 0.400. The van der Waals surface area contributed by atoms with E-state index in [1.165, 1.54) is 6.20 Å². The highest BCUT2D eigenvalue weighted by Crippen LogP contribution is 2.23. The molecule has 88 valence electrons. The van der Waals surface area contributed by atoms with Gasteiger partial charge in [-0.1, -0.05) is 0 Å². The molecule has 0 spiro atoms. The van der Waals surface area contributed by atoms with Crippen LogP contribution in [0.3, 0.4) is 0 Å². The lowest BCUT2D eigenvalue weighted by Gasteiger charge is -2.08. The number of ether oxygens (including phenoxy) is 1. The number of esters is 1. The Morgan fingerprint density at radius 1 is 1.62 bits per heavy atom. The number of aromatic nitrogens is 1. The number of hydrogen-bond donors (Lipinski definition) is 0. The van der Waals surface area contributed by atoms with Gasteiger partial charge in [0.2, 0.25) is 0 Å². The van der Waals surface area contributed by atoms with E-state index >= 15 is 0 Å². The van der Waals surface area contributed by atoms with Crippen molar-refractivity contribution in [2.45, 2.75) is 19.2 Å². The molecule has 0 aromatic carbocycles. The molecule has 1 heterocycles. The third-order valence-corrected chi connectivity index (χ3v) is 2.14. The minimum absolute atomic E-state index is 0.0653. The Labute approximate surface area is 96.4 Å². The molecule has 0 aliphatic carbocycles. The van der Waals surface area contributed by atoms with Crippen LogP contribution in [0.1, 0.15) is 35.0 Å². The van der Waals surface area contributed by atoms with Gasteiger partial charge in [-0.05, 0) is 18.6 Å². The van der Waals surface area contributed by atoms with Crippen LogP contribution in [-0.4, -0.2) is 17.6 Å². The monoisotopic (exact) mass is 249 g/mol. The maximum absolute atomic E-state index is 12.7. The quantitative estimate of drug-likeness (QED) is 0.608. The molecule has 0 saturated heterocycles. The lowest BCUT2D eigenvalue weighted by molar-refractivity contribution is 0.0507. The summed E-state index contributed by atoms with van der Waals surface area (Å²) in [6.45, 7) is 1.70. The largest absolute Gasteiger partial charge is 0.461 e. The lowest BCUT2D eigenvalue weighted by atomic mass is 10.1. The Kier molecular flexibility index (Phi) is 4.61. The fourth-order valence-electron chi connectivity index (χ4n) is 1.14. The number of halogens is 3. The molecule has 0 aliphatic heterocycles. The van der Waals surface area contributed by atoms with Crippen LogP contribution in [0.25, 0.3) is 0 Å². The first kappa shape index (κ1) is 12.8. The minimum Gasteiger partial charge on any atom is -0.461 e. The van der Waals surface area contributed by atoms with Gasteiger partial charge in [0, 0.05) is 12.1 Å². The third kappa shape index (κ3) is 2.88. The van der Waals surface area contributed by atoms with Crippen LogP contribution >= 0.6 is 11.6 Å². The Morgan fingerprint density at radius 3 is 2.81 bits per heavy atom. The second-order valence-corrected chi connectivity index (χ2v) is 3.20. The topological polar surface area (TPSA) is 39.2 Å². The van der Waals surface area contributed by atoms with Crippen molar-refractivity contribution >= 4 is 17.6 Å². The van der Waals surface area contributed by atoms with Crippen molar-refractivity contribution in [3.05, 3.63) is 29.1 Å². The molecular formula is C10H10ClF2NO2. The molecule has 0 N–H and O–H groups in total. The summed E-state index contributed by atoms with van der Waals surface area (Å²) in [5.41, 5.74) is -0.368. The van der Waals surface area contributed by atoms with Gasteiger partial charge in [-0.15, -0.1) is 11.6 Å². The van der Waals surface area contributed by atoms with Crippen LogP contribution in [0.2, 0.25) is 0 Å². The summed E-state index contributed by atoms with van der Waals surface area (Å²) in [4.78, 5) is 15.0. The smallest absolute Gasteiger partial charge is 0.357 e. The van der Waals surface area contributed by atoms with E-state index in [1.54, 1.807) is 6.92 Å². The van der Waals surface area contributed by atoms with Crippen molar-refractivity contribution < 1.29 is 18.3 Å². The molecule has 1 aromatic rings. The van der Waals surface area contributed by atoms with E-state index in [4.69, 9.17) is 11.6 Å². The Balaban J connectivity index is 3.12. The molecule has 6 heteroatoms. The first-order valence-corrected chi connectivity index (χ1v) is 5.13. The molecule has 0 bridgehead atoms. The van der Waals surface area contributed by atoms with Gasteiger partial charge in [0.15, 0.2) is 5.69 Å². The van der Waals surface area contributed by atoms with Gasteiger partial charge in [0.25, 0.3) is 6.43 Å². The molecule has 3 nitrogen and oxygen atoms in total. The van der Waals surface area contributed by atoms with Crippen LogP contribution in [0, 0.1) is 0 Å². The number of alkyl halides is 3. The number of pyridine rings is 1. The maximum atomic E-state index is 12.7. The van der Waals surface area contributed by atoms with Gasteiger partial charge >= 0.3 is 5.97 Å². The summed E-state index contributed by atoms with van der Waals surface area (Å²) in [6, 6.07) is 1.16. The highest BCUT2D eigenvalue weighted by molar-refractivity contribution is 6.17. The second kappa shape index (κ2) is 5.75. The van der Waals surface area contributed by atoms with E-state index in [0.717, 1.165) is 6.07 Å². The fourth-order valence-corrected chi connectivity index (χ4v) is 1.28. The summed E-state index contributed by atoms with van der Waals surface area (Å²) in [5.74, 6) is -0.783. The molecule has 0 unspecified atom stereocenters. The summed E-state index contributed by atoms with van der Waals surface area (Å²) in [7, 11) is 0. The molecule has 0 radical (unpaired) electrons. The second-order valence-electron chi connectivity index (χ2n) is 2.94. The zero-order valence-corrected chi connectivity index (χ0v) is 9.30. The average molecular weight is 250 g/mol. The third-order valence-electron chi connectivity index (χ3n) is 1.83. The van der Waals surface area contributed by atoms with Crippen LogP contribution in [0.15, 0.2) is 12.3 Å². The first-order valence-electron chi connectivity index (χ1n) is 4.60. The maximum Gasteiger partial charge on any atom is 0.357 e. The highest BCUT2D eigenvalue weighted by atomic mass is 35.5.